The van der Waals surface area contributed by atoms with Crippen LogP contribution in [0.5, 0.6) is 5.75 Å². The molecular formula is C13H16FN3O2. The molecule has 102 valence electrons. The summed E-state index contributed by atoms with van der Waals surface area (Å²) in [6, 6.07) is 4.50. The van der Waals surface area contributed by atoms with Gasteiger partial charge in [0.15, 0.2) is 0 Å². The number of ether oxygens (including phenoxy) is 1. The van der Waals surface area contributed by atoms with E-state index in [4.69, 9.17) is 9.15 Å². The molecular weight excluding hydrogens is 249 g/mol. The van der Waals surface area contributed by atoms with Gasteiger partial charge in [0.05, 0.1) is 19.2 Å². The van der Waals surface area contributed by atoms with Gasteiger partial charge in [-0.05, 0) is 25.1 Å². The van der Waals surface area contributed by atoms with Crippen molar-refractivity contribution < 1.29 is 13.5 Å². The van der Waals surface area contributed by atoms with Crippen molar-refractivity contribution in [3.8, 4) is 17.2 Å². The van der Waals surface area contributed by atoms with Crippen LogP contribution in [0.3, 0.4) is 0 Å². The fourth-order valence-electron chi connectivity index (χ4n) is 1.60. The number of benzene rings is 1. The summed E-state index contributed by atoms with van der Waals surface area (Å²) >= 11 is 0. The predicted molar refractivity (Wildman–Crippen MR) is 68.2 cm³/mol. The van der Waals surface area contributed by atoms with Crippen LogP contribution in [0.4, 0.5) is 4.39 Å². The first-order chi connectivity index (χ1) is 9.24. The molecule has 0 aliphatic heterocycles. The van der Waals surface area contributed by atoms with E-state index in [2.05, 4.69) is 22.4 Å². The molecule has 0 saturated carbocycles. The van der Waals surface area contributed by atoms with Gasteiger partial charge in [-0.15, -0.1) is 10.2 Å². The van der Waals surface area contributed by atoms with Crippen molar-refractivity contribution in [1.29, 1.82) is 0 Å². The Kier molecular flexibility index (Phi) is 4.46. The molecule has 0 aliphatic rings. The molecule has 1 aromatic heterocycles. The topological polar surface area (TPSA) is 60.2 Å². The van der Waals surface area contributed by atoms with Crippen LogP contribution in [0.1, 0.15) is 19.2 Å². The average Bonchev–Trinajstić information content (AvgIpc) is 2.87. The second-order valence-electron chi connectivity index (χ2n) is 4.02. The fraction of sp³-hybridized carbons (Fsp3) is 0.385. The van der Waals surface area contributed by atoms with Crippen LogP contribution in [0, 0.1) is 5.82 Å². The van der Waals surface area contributed by atoms with E-state index in [9.17, 15) is 4.39 Å². The van der Waals surface area contributed by atoms with Gasteiger partial charge >= 0.3 is 0 Å². The molecule has 1 heterocycles. The summed E-state index contributed by atoms with van der Waals surface area (Å²) in [4.78, 5) is 0. The molecule has 0 unspecified atom stereocenters. The molecule has 1 N–H and O–H groups in total. The molecule has 6 heteroatoms. The first kappa shape index (κ1) is 13.5. The lowest BCUT2D eigenvalue weighted by Gasteiger charge is -2.01. The monoisotopic (exact) mass is 265 g/mol. The quantitative estimate of drug-likeness (QED) is 0.813. The Morgan fingerprint density at radius 2 is 2.21 bits per heavy atom. The van der Waals surface area contributed by atoms with Crippen molar-refractivity contribution in [1.82, 2.24) is 15.5 Å². The maximum Gasteiger partial charge on any atom is 0.250 e. The number of rotatable bonds is 6. The minimum atomic E-state index is -0.448. The molecule has 0 fully saturated rings. The summed E-state index contributed by atoms with van der Waals surface area (Å²) in [6.07, 6.45) is 1.02. The van der Waals surface area contributed by atoms with Gasteiger partial charge in [-0.1, -0.05) is 6.92 Å². The lowest BCUT2D eigenvalue weighted by atomic mass is 10.2. The molecule has 0 aliphatic carbocycles. The summed E-state index contributed by atoms with van der Waals surface area (Å²) in [6.45, 7) is 3.42. The van der Waals surface area contributed by atoms with Gasteiger partial charge in [0.2, 0.25) is 5.89 Å². The van der Waals surface area contributed by atoms with Crippen molar-refractivity contribution in [3.63, 3.8) is 0 Å². The van der Waals surface area contributed by atoms with Crippen LogP contribution < -0.4 is 10.1 Å². The lowest BCUT2D eigenvalue weighted by Crippen LogP contribution is -2.13. The fourth-order valence-corrected chi connectivity index (χ4v) is 1.60. The third-order valence-corrected chi connectivity index (χ3v) is 2.58. The highest BCUT2D eigenvalue weighted by Gasteiger charge is 2.13. The molecule has 5 nitrogen and oxygen atoms in total. The second kappa shape index (κ2) is 6.29. The Bertz CT molecular complexity index is 542. The minimum Gasteiger partial charge on any atom is -0.497 e. The Hall–Kier alpha value is -1.95. The van der Waals surface area contributed by atoms with Gasteiger partial charge in [0, 0.05) is 6.07 Å². The Balaban J connectivity index is 2.13. The van der Waals surface area contributed by atoms with E-state index in [1.807, 2.05) is 0 Å². The van der Waals surface area contributed by atoms with E-state index in [-0.39, 0.29) is 11.5 Å². The van der Waals surface area contributed by atoms with Crippen LogP contribution in [0.2, 0.25) is 0 Å². The summed E-state index contributed by atoms with van der Waals surface area (Å²) in [5.74, 6) is 0.619. The number of hydrogen-bond donors (Lipinski definition) is 1. The highest BCUT2D eigenvalue weighted by molar-refractivity contribution is 5.55. The van der Waals surface area contributed by atoms with E-state index < -0.39 is 5.82 Å². The van der Waals surface area contributed by atoms with Crippen LogP contribution in [0.15, 0.2) is 22.6 Å². The van der Waals surface area contributed by atoms with Crippen molar-refractivity contribution in [3.05, 3.63) is 29.9 Å². The van der Waals surface area contributed by atoms with Crippen molar-refractivity contribution in [2.24, 2.45) is 0 Å². The predicted octanol–water partition coefficient (Wildman–Crippen LogP) is 2.38. The molecule has 1 aromatic carbocycles. The van der Waals surface area contributed by atoms with Gasteiger partial charge in [-0.25, -0.2) is 4.39 Å². The largest absolute Gasteiger partial charge is 0.497 e. The van der Waals surface area contributed by atoms with E-state index in [0.29, 0.717) is 18.2 Å². The van der Waals surface area contributed by atoms with Crippen LogP contribution >= 0.6 is 0 Å². The third kappa shape index (κ3) is 3.29. The maximum absolute atomic E-state index is 13.8. The summed E-state index contributed by atoms with van der Waals surface area (Å²) in [7, 11) is 1.48. The summed E-state index contributed by atoms with van der Waals surface area (Å²) in [5, 5.41) is 10.9. The Morgan fingerprint density at radius 3 is 2.89 bits per heavy atom. The summed E-state index contributed by atoms with van der Waals surface area (Å²) in [5.41, 5.74) is 0.273. The average molecular weight is 265 g/mol. The molecule has 0 spiro atoms. The number of nitrogens with one attached hydrogen (secondary N) is 1. The molecule has 2 rings (SSSR count). The maximum atomic E-state index is 13.8. The molecule has 0 bridgehead atoms. The SMILES string of the molecule is CCCNCc1nnc(-c2ccc(OC)cc2F)o1. The standard InChI is InChI=1S/C13H16FN3O2/c1-3-6-15-8-12-16-17-13(19-12)10-5-4-9(18-2)7-11(10)14/h4-5,7,15H,3,6,8H2,1-2H3. The first-order valence-corrected chi connectivity index (χ1v) is 6.11. The van der Waals surface area contributed by atoms with Gasteiger partial charge in [0.25, 0.3) is 5.89 Å². The van der Waals surface area contributed by atoms with Crippen molar-refractivity contribution in [2.45, 2.75) is 19.9 Å². The number of hydrogen-bond acceptors (Lipinski definition) is 5. The van der Waals surface area contributed by atoms with Crippen LogP contribution in [-0.2, 0) is 6.54 Å². The van der Waals surface area contributed by atoms with E-state index in [1.54, 1.807) is 12.1 Å². The lowest BCUT2D eigenvalue weighted by molar-refractivity contribution is 0.411. The van der Waals surface area contributed by atoms with Crippen LogP contribution in [0.25, 0.3) is 11.5 Å². The van der Waals surface area contributed by atoms with Gasteiger partial charge in [-0.2, -0.15) is 0 Å². The van der Waals surface area contributed by atoms with Gasteiger partial charge < -0.3 is 14.5 Å². The van der Waals surface area contributed by atoms with Crippen molar-refractivity contribution in [2.75, 3.05) is 13.7 Å². The number of halogens is 1. The molecule has 19 heavy (non-hydrogen) atoms. The second-order valence-corrected chi connectivity index (χ2v) is 4.02. The summed E-state index contributed by atoms with van der Waals surface area (Å²) < 4.78 is 24.2. The van der Waals surface area contributed by atoms with Gasteiger partial charge in [0.1, 0.15) is 11.6 Å². The Morgan fingerprint density at radius 1 is 1.37 bits per heavy atom. The number of aromatic nitrogens is 2. The van der Waals surface area contributed by atoms with Crippen LogP contribution in [-0.4, -0.2) is 23.9 Å². The highest BCUT2D eigenvalue weighted by atomic mass is 19.1. The first-order valence-electron chi connectivity index (χ1n) is 6.11. The number of nitrogens with zero attached hydrogens (tertiary/aromatic N) is 2. The molecule has 2 aromatic rings. The van der Waals surface area contributed by atoms with E-state index in [1.165, 1.54) is 13.2 Å². The highest BCUT2D eigenvalue weighted by Crippen LogP contribution is 2.25. The van der Waals surface area contributed by atoms with E-state index >= 15 is 0 Å². The third-order valence-electron chi connectivity index (χ3n) is 2.58. The Labute approximate surface area is 110 Å². The van der Waals surface area contributed by atoms with Crippen molar-refractivity contribution >= 4 is 0 Å². The zero-order valence-electron chi connectivity index (χ0n) is 10.9. The minimum absolute atomic E-state index is 0.174. The molecule has 0 radical (unpaired) electrons. The normalized spacial score (nSPS) is 10.7. The molecule has 0 atom stereocenters. The smallest absolute Gasteiger partial charge is 0.250 e. The zero-order chi connectivity index (χ0) is 13.7. The molecule has 0 amide bonds. The number of methoxy groups -OCH3 is 1. The van der Waals surface area contributed by atoms with E-state index in [0.717, 1.165) is 13.0 Å². The molecule has 0 saturated heterocycles. The van der Waals surface area contributed by atoms with Gasteiger partial charge in [-0.3, -0.25) is 0 Å². The zero-order valence-corrected chi connectivity index (χ0v) is 10.9.